The molecule has 0 unspecified atom stereocenters. The van der Waals surface area contributed by atoms with Crippen LogP contribution in [0.5, 0.6) is 0 Å². The maximum absolute atomic E-state index is 13.9. The quantitative estimate of drug-likeness (QED) is 0.473. The molecule has 156 valence electrons. The Kier molecular flexibility index (Phi) is 5.90. The monoisotopic (exact) mass is 436 g/mol. The molecule has 0 aliphatic heterocycles. The second kappa shape index (κ2) is 8.93. The van der Waals surface area contributed by atoms with E-state index in [1.165, 1.54) is 12.1 Å². The van der Waals surface area contributed by atoms with Gasteiger partial charge in [0.25, 0.3) is 5.91 Å². The van der Waals surface area contributed by atoms with Crippen LogP contribution < -0.4 is 10.6 Å². The van der Waals surface area contributed by atoms with E-state index in [2.05, 4.69) is 15.3 Å². The molecule has 9 heteroatoms. The predicted molar refractivity (Wildman–Crippen MR) is 116 cm³/mol. The molecular formula is C22H18ClFN6O. The summed E-state index contributed by atoms with van der Waals surface area (Å²) in [6, 6.07) is 16.7. The first kappa shape index (κ1) is 20.5. The summed E-state index contributed by atoms with van der Waals surface area (Å²) in [6.07, 6.45) is 3.33. The molecule has 0 radical (unpaired) electrons. The molecule has 2 heterocycles. The number of primary amides is 1. The van der Waals surface area contributed by atoms with E-state index in [0.717, 1.165) is 5.56 Å². The topological polar surface area (TPSA) is 89.9 Å². The molecule has 4 rings (SSSR count). The van der Waals surface area contributed by atoms with Crippen molar-refractivity contribution in [3.05, 3.63) is 101 Å². The molecule has 0 saturated carbocycles. The number of rotatable bonds is 7. The smallest absolute Gasteiger partial charge is 0.252 e. The predicted octanol–water partition coefficient (Wildman–Crippen LogP) is 3.95. The Hall–Kier alpha value is -3.78. The normalized spacial score (nSPS) is 10.8. The van der Waals surface area contributed by atoms with Crippen LogP contribution in [0.3, 0.4) is 0 Å². The lowest BCUT2D eigenvalue weighted by molar-refractivity contribution is 0.100. The highest BCUT2D eigenvalue weighted by Gasteiger charge is 2.20. The van der Waals surface area contributed by atoms with Gasteiger partial charge in [-0.1, -0.05) is 35.0 Å². The van der Waals surface area contributed by atoms with E-state index >= 15 is 0 Å². The van der Waals surface area contributed by atoms with E-state index in [-0.39, 0.29) is 12.1 Å². The van der Waals surface area contributed by atoms with Crippen molar-refractivity contribution >= 4 is 29.0 Å². The zero-order valence-electron chi connectivity index (χ0n) is 16.3. The number of benzene rings is 2. The van der Waals surface area contributed by atoms with Crippen LogP contribution in [0, 0.1) is 5.82 Å². The molecule has 0 atom stereocenters. The molecule has 0 fully saturated rings. The van der Waals surface area contributed by atoms with Crippen LogP contribution in [0.25, 0.3) is 0 Å². The van der Waals surface area contributed by atoms with E-state index in [0.29, 0.717) is 28.8 Å². The molecular weight excluding hydrogens is 419 g/mol. The summed E-state index contributed by atoms with van der Waals surface area (Å²) in [6.45, 7) is 0.724. The SMILES string of the molecule is NC(=O)c1cccnc1N(Cc1cn(Cc2ccc(Cl)cc2)nn1)c1cccc(F)c1. The van der Waals surface area contributed by atoms with Crippen LogP contribution in [0.4, 0.5) is 15.9 Å². The first-order valence-corrected chi connectivity index (χ1v) is 9.79. The third-order valence-electron chi connectivity index (χ3n) is 4.59. The summed E-state index contributed by atoms with van der Waals surface area (Å²) in [5.41, 5.74) is 7.89. The number of anilines is 2. The fourth-order valence-corrected chi connectivity index (χ4v) is 3.29. The zero-order chi connectivity index (χ0) is 21.8. The number of halogens is 2. The molecule has 0 bridgehead atoms. The van der Waals surface area contributed by atoms with Gasteiger partial charge in [0, 0.05) is 16.9 Å². The number of amides is 1. The lowest BCUT2D eigenvalue weighted by Crippen LogP contribution is -2.23. The van der Waals surface area contributed by atoms with Gasteiger partial charge in [-0.15, -0.1) is 5.10 Å². The molecule has 2 N–H and O–H groups in total. The lowest BCUT2D eigenvalue weighted by atomic mass is 10.2. The van der Waals surface area contributed by atoms with Crippen LogP contribution in [-0.4, -0.2) is 25.9 Å². The Labute approximate surface area is 182 Å². The minimum Gasteiger partial charge on any atom is -0.365 e. The summed E-state index contributed by atoms with van der Waals surface area (Å²) in [4.78, 5) is 17.9. The number of nitrogens with two attached hydrogens (primary N) is 1. The van der Waals surface area contributed by atoms with Gasteiger partial charge < -0.3 is 10.6 Å². The number of carbonyl (C=O) groups excluding carboxylic acids is 1. The first-order valence-electron chi connectivity index (χ1n) is 9.41. The summed E-state index contributed by atoms with van der Waals surface area (Å²) < 4.78 is 15.6. The maximum atomic E-state index is 13.9. The van der Waals surface area contributed by atoms with Crippen LogP contribution in [0.1, 0.15) is 21.6 Å². The van der Waals surface area contributed by atoms with Crippen molar-refractivity contribution in [3.8, 4) is 0 Å². The van der Waals surface area contributed by atoms with Gasteiger partial charge in [0.1, 0.15) is 17.3 Å². The molecule has 0 saturated heterocycles. The van der Waals surface area contributed by atoms with Gasteiger partial charge in [0.05, 0.1) is 24.8 Å². The summed E-state index contributed by atoms with van der Waals surface area (Å²) in [5.74, 6) is -0.728. The van der Waals surface area contributed by atoms with Crippen molar-refractivity contribution in [1.29, 1.82) is 0 Å². The second-order valence-corrected chi connectivity index (χ2v) is 7.28. The third-order valence-corrected chi connectivity index (χ3v) is 4.84. The Bertz CT molecular complexity index is 1210. The van der Waals surface area contributed by atoms with Gasteiger partial charge in [0.15, 0.2) is 0 Å². The van der Waals surface area contributed by atoms with Crippen LogP contribution >= 0.6 is 11.6 Å². The zero-order valence-corrected chi connectivity index (χ0v) is 17.1. The van der Waals surface area contributed by atoms with E-state index in [4.69, 9.17) is 17.3 Å². The number of hydrogen-bond donors (Lipinski definition) is 1. The van der Waals surface area contributed by atoms with Gasteiger partial charge >= 0.3 is 0 Å². The van der Waals surface area contributed by atoms with Crippen LogP contribution in [-0.2, 0) is 13.1 Å². The fraction of sp³-hybridized carbons (Fsp3) is 0.0909. The van der Waals surface area contributed by atoms with Gasteiger partial charge in [-0.2, -0.15) is 0 Å². The van der Waals surface area contributed by atoms with Crippen molar-refractivity contribution in [1.82, 2.24) is 20.0 Å². The lowest BCUT2D eigenvalue weighted by Gasteiger charge is -2.24. The molecule has 4 aromatic rings. The van der Waals surface area contributed by atoms with Gasteiger partial charge in [-0.25, -0.2) is 14.1 Å². The van der Waals surface area contributed by atoms with E-state index in [9.17, 15) is 9.18 Å². The Morgan fingerprint density at radius 2 is 1.94 bits per heavy atom. The highest BCUT2D eigenvalue weighted by atomic mass is 35.5. The van der Waals surface area contributed by atoms with E-state index < -0.39 is 11.7 Å². The van der Waals surface area contributed by atoms with E-state index in [1.54, 1.807) is 46.2 Å². The van der Waals surface area contributed by atoms with E-state index in [1.807, 2.05) is 24.3 Å². The number of pyridine rings is 1. The Balaban J connectivity index is 1.65. The molecule has 0 spiro atoms. The van der Waals surface area contributed by atoms with Gasteiger partial charge in [0.2, 0.25) is 0 Å². The molecule has 0 aliphatic carbocycles. The maximum Gasteiger partial charge on any atom is 0.252 e. The second-order valence-electron chi connectivity index (χ2n) is 6.84. The Morgan fingerprint density at radius 1 is 1.13 bits per heavy atom. The molecule has 2 aromatic heterocycles. The largest absolute Gasteiger partial charge is 0.365 e. The highest BCUT2D eigenvalue weighted by molar-refractivity contribution is 6.30. The summed E-state index contributed by atoms with van der Waals surface area (Å²) in [5, 5.41) is 9.06. The number of aromatic nitrogens is 4. The average Bonchev–Trinajstić information content (AvgIpc) is 3.20. The molecule has 31 heavy (non-hydrogen) atoms. The van der Waals surface area contributed by atoms with Crippen molar-refractivity contribution < 1.29 is 9.18 Å². The Morgan fingerprint density at radius 3 is 2.68 bits per heavy atom. The molecule has 2 aromatic carbocycles. The van der Waals surface area contributed by atoms with Gasteiger partial charge in [-0.05, 0) is 48.0 Å². The van der Waals surface area contributed by atoms with Crippen LogP contribution in [0.15, 0.2) is 73.1 Å². The summed E-state index contributed by atoms with van der Waals surface area (Å²) in [7, 11) is 0. The minimum absolute atomic E-state index is 0.210. The molecule has 0 aliphatic rings. The van der Waals surface area contributed by atoms with Crippen molar-refractivity contribution in [2.75, 3.05) is 4.90 Å². The number of carbonyl (C=O) groups is 1. The minimum atomic E-state index is -0.629. The first-order chi connectivity index (χ1) is 15.0. The summed E-state index contributed by atoms with van der Waals surface area (Å²) >= 11 is 5.93. The number of hydrogen-bond acceptors (Lipinski definition) is 5. The van der Waals surface area contributed by atoms with Crippen molar-refractivity contribution in [2.24, 2.45) is 5.73 Å². The van der Waals surface area contributed by atoms with Crippen molar-refractivity contribution in [3.63, 3.8) is 0 Å². The number of nitrogens with zero attached hydrogens (tertiary/aromatic N) is 5. The standard InChI is InChI=1S/C22H18ClFN6O/c23-16-8-6-15(7-9-16)12-29-13-18(27-28-29)14-30(19-4-1-3-17(24)11-19)22-20(21(25)31)5-2-10-26-22/h1-11,13H,12,14H2,(H2,25,31). The van der Waals surface area contributed by atoms with Gasteiger partial charge in [-0.3, -0.25) is 4.79 Å². The van der Waals surface area contributed by atoms with Crippen molar-refractivity contribution in [2.45, 2.75) is 13.1 Å². The molecule has 7 nitrogen and oxygen atoms in total. The highest BCUT2D eigenvalue weighted by Crippen LogP contribution is 2.28. The van der Waals surface area contributed by atoms with Crippen LogP contribution in [0.2, 0.25) is 5.02 Å². The fourth-order valence-electron chi connectivity index (χ4n) is 3.16. The third kappa shape index (κ3) is 4.87. The average molecular weight is 437 g/mol. The molecule has 1 amide bonds.